The van der Waals surface area contributed by atoms with Crippen molar-refractivity contribution in [2.45, 2.75) is 65.2 Å². The molecule has 2 heterocycles. The molecule has 204 valence electrons. The van der Waals surface area contributed by atoms with E-state index in [0.29, 0.717) is 5.92 Å². The van der Waals surface area contributed by atoms with Crippen LogP contribution in [0.1, 0.15) is 64.5 Å². The maximum absolute atomic E-state index is 12.6. The van der Waals surface area contributed by atoms with Crippen molar-refractivity contribution in [1.82, 2.24) is 9.88 Å². The fraction of sp³-hybridized carbons (Fsp3) is 0.519. The van der Waals surface area contributed by atoms with E-state index in [1.165, 1.54) is 19.4 Å². The van der Waals surface area contributed by atoms with Gasteiger partial charge in [-0.1, -0.05) is 30.3 Å². The summed E-state index contributed by atoms with van der Waals surface area (Å²) in [7, 11) is 0. The second kappa shape index (κ2) is 12.3. The highest BCUT2D eigenvalue weighted by Gasteiger charge is 2.36. The molecule has 1 aliphatic heterocycles. The van der Waals surface area contributed by atoms with Crippen molar-refractivity contribution in [2.24, 2.45) is 5.41 Å². The predicted octanol–water partition coefficient (Wildman–Crippen LogP) is 6.39. The summed E-state index contributed by atoms with van der Waals surface area (Å²) < 4.78 is 48.1. The number of rotatable bonds is 5. The molecule has 0 spiro atoms. The summed E-state index contributed by atoms with van der Waals surface area (Å²) in [5.41, 5.74) is -1.42. The average molecular weight is 525 g/mol. The Morgan fingerprint density at radius 3 is 2.27 bits per heavy atom. The molecule has 7 nitrogen and oxygen atoms in total. The van der Waals surface area contributed by atoms with Gasteiger partial charge in [-0.05, 0) is 65.2 Å². The molecule has 0 saturated carbocycles. The van der Waals surface area contributed by atoms with Crippen LogP contribution in [0.5, 0.6) is 5.88 Å². The van der Waals surface area contributed by atoms with E-state index < -0.39 is 41.2 Å². The van der Waals surface area contributed by atoms with Crippen molar-refractivity contribution >= 4 is 12.1 Å². The molecule has 1 fully saturated rings. The number of carboxylic acids is 1. The molecule has 1 amide bonds. The third-order valence-corrected chi connectivity index (χ3v) is 5.57. The van der Waals surface area contributed by atoms with Crippen molar-refractivity contribution in [3.63, 3.8) is 0 Å². The average Bonchev–Trinajstić information content (AvgIpc) is 2.82. The summed E-state index contributed by atoms with van der Waals surface area (Å²) in [4.78, 5) is 28.2. The number of alkyl halides is 3. The number of carbonyl (C=O) groups excluding carboxylic acids is 1. The van der Waals surface area contributed by atoms with Crippen molar-refractivity contribution in [3.05, 3.63) is 59.8 Å². The summed E-state index contributed by atoms with van der Waals surface area (Å²) in [6.07, 6.45) is -1.44. The number of hydrogen-bond donors (Lipinski definition) is 1. The smallest absolute Gasteiger partial charge is 0.421 e. The Labute approximate surface area is 215 Å². The Morgan fingerprint density at radius 2 is 1.70 bits per heavy atom. The van der Waals surface area contributed by atoms with Gasteiger partial charge in [0.2, 0.25) is 5.88 Å². The molecule has 1 unspecified atom stereocenters. The first-order chi connectivity index (χ1) is 17.1. The molecule has 1 aliphatic rings. The molecule has 2 aromatic rings. The molecule has 37 heavy (non-hydrogen) atoms. The molecular formula is C27H35F3N2O5. The largest absolute Gasteiger partial charge is 0.481 e. The molecule has 0 aliphatic carbocycles. The van der Waals surface area contributed by atoms with Gasteiger partial charge in [-0.25, -0.2) is 9.78 Å². The van der Waals surface area contributed by atoms with Crippen LogP contribution in [0.25, 0.3) is 0 Å². The molecule has 10 heteroatoms. The van der Waals surface area contributed by atoms with E-state index >= 15 is 0 Å². The first kappa shape index (κ1) is 29.9. The lowest BCUT2D eigenvalue weighted by Gasteiger charge is -2.34. The molecule has 1 N–H and O–H groups in total. The summed E-state index contributed by atoms with van der Waals surface area (Å²) >= 11 is 0. The highest BCUT2D eigenvalue weighted by molar-refractivity contribution is 5.73. The number of ether oxygens (including phenoxy) is 2. The lowest BCUT2D eigenvalue weighted by atomic mass is 9.91. The Bertz CT molecular complexity index is 1040. The standard InChI is InChI=1S/C16H23NO2.C11H12F3NO3/c1-16(2,3)19-15(18)17-11-7-10-14(12-17)13-8-5-4-6-9-13;1-10(2,9(16)17)6-18-8-7(11(12,13)14)4-3-5-15-8/h4-6,8-9,14H,7,10-12H2,1-3H3;3-5H,6H2,1-2H3,(H,16,17). The first-order valence-corrected chi connectivity index (χ1v) is 12.0. The van der Waals surface area contributed by atoms with Gasteiger partial charge >= 0.3 is 18.2 Å². The minimum atomic E-state index is -4.59. The topological polar surface area (TPSA) is 89.0 Å². The van der Waals surface area contributed by atoms with Gasteiger partial charge in [0, 0.05) is 25.2 Å². The molecule has 1 saturated heterocycles. The SMILES string of the molecule is CC(C)(C)OC(=O)N1CCCC(c2ccccc2)C1.CC(C)(COc1ncccc1C(F)(F)F)C(=O)O. The third kappa shape index (κ3) is 9.59. The van der Waals surface area contributed by atoms with Crippen LogP contribution in [0.4, 0.5) is 18.0 Å². The molecule has 1 atom stereocenters. The molecular weight excluding hydrogens is 489 g/mol. The zero-order chi connectivity index (χ0) is 27.9. The Kier molecular flexibility index (Phi) is 9.94. The van der Waals surface area contributed by atoms with Gasteiger partial charge in [-0.3, -0.25) is 4.79 Å². The minimum Gasteiger partial charge on any atom is -0.481 e. The number of hydrogen-bond acceptors (Lipinski definition) is 5. The van der Waals surface area contributed by atoms with Gasteiger partial charge in [0.15, 0.2) is 0 Å². The number of carboxylic acid groups (broad SMARTS) is 1. The lowest BCUT2D eigenvalue weighted by Crippen LogP contribution is -2.42. The monoisotopic (exact) mass is 524 g/mol. The molecule has 3 rings (SSSR count). The lowest BCUT2D eigenvalue weighted by molar-refractivity contribution is -0.148. The van der Waals surface area contributed by atoms with Gasteiger partial charge in [0.05, 0.1) is 5.41 Å². The first-order valence-electron chi connectivity index (χ1n) is 12.0. The van der Waals surface area contributed by atoms with E-state index in [-0.39, 0.29) is 6.09 Å². The highest BCUT2D eigenvalue weighted by atomic mass is 19.4. The fourth-order valence-electron chi connectivity index (χ4n) is 3.50. The number of aliphatic carboxylic acids is 1. The van der Waals surface area contributed by atoms with Gasteiger partial charge in [0.1, 0.15) is 17.8 Å². The maximum atomic E-state index is 12.6. The fourth-order valence-corrected chi connectivity index (χ4v) is 3.50. The number of likely N-dealkylation sites (tertiary alicyclic amines) is 1. The molecule has 1 aromatic carbocycles. The van der Waals surface area contributed by atoms with Gasteiger partial charge in [0.25, 0.3) is 0 Å². The van der Waals surface area contributed by atoms with Crippen LogP contribution < -0.4 is 4.74 Å². The number of piperidine rings is 1. The maximum Gasteiger partial charge on any atom is 0.421 e. The van der Waals surface area contributed by atoms with Crippen LogP contribution in [0, 0.1) is 5.41 Å². The van der Waals surface area contributed by atoms with E-state index in [0.717, 1.165) is 44.3 Å². The summed E-state index contributed by atoms with van der Waals surface area (Å²) in [6, 6.07) is 12.4. The van der Waals surface area contributed by atoms with Gasteiger partial charge < -0.3 is 19.5 Å². The Balaban J connectivity index is 0.000000261. The van der Waals surface area contributed by atoms with E-state index in [9.17, 15) is 22.8 Å². The van der Waals surface area contributed by atoms with Crippen molar-refractivity contribution in [3.8, 4) is 5.88 Å². The van der Waals surface area contributed by atoms with Crippen LogP contribution in [-0.2, 0) is 15.7 Å². The number of benzene rings is 1. The Morgan fingerprint density at radius 1 is 1.05 bits per heavy atom. The minimum absolute atomic E-state index is 0.187. The number of amides is 1. The highest BCUT2D eigenvalue weighted by Crippen LogP contribution is 2.35. The van der Waals surface area contributed by atoms with E-state index in [1.54, 1.807) is 0 Å². The second-order valence-corrected chi connectivity index (χ2v) is 10.5. The summed E-state index contributed by atoms with van der Waals surface area (Å²) in [5.74, 6) is -1.34. The van der Waals surface area contributed by atoms with Crippen LogP contribution in [0.3, 0.4) is 0 Å². The van der Waals surface area contributed by atoms with E-state index in [1.807, 2.05) is 31.7 Å². The third-order valence-electron chi connectivity index (χ3n) is 5.57. The van der Waals surface area contributed by atoms with E-state index in [4.69, 9.17) is 14.6 Å². The van der Waals surface area contributed by atoms with Crippen molar-refractivity contribution < 1.29 is 37.3 Å². The quantitative estimate of drug-likeness (QED) is 0.488. The normalized spacial score (nSPS) is 16.3. The summed E-state index contributed by atoms with van der Waals surface area (Å²) in [5, 5.41) is 8.83. The number of pyridine rings is 1. The van der Waals surface area contributed by atoms with Crippen molar-refractivity contribution in [2.75, 3.05) is 19.7 Å². The number of halogens is 3. The second-order valence-electron chi connectivity index (χ2n) is 10.5. The van der Waals surface area contributed by atoms with Gasteiger partial charge in [-0.15, -0.1) is 0 Å². The predicted molar refractivity (Wildman–Crippen MR) is 132 cm³/mol. The summed E-state index contributed by atoms with van der Waals surface area (Å²) in [6.45, 7) is 9.59. The molecule has 0 radical (unpaired) electrons. The van der Waals surface area contributed by atoms with Crippen LogP contribution >= 0.6 is 0 Å². The zero-order valence-corrected chi connectivity index (χ0v) is 21.8. The molecule has 0 bridgehead atoms. The molecule has 1 aromatic heterocycles. The number of carbonyl (C=O) groups is 2. The van der Waals surface area contributed by atoms with Crippen LogP contribution in [0.15, 0.2) is 48.7 Å². The van der Waals surface area contributed by atoms with Gasteiger partial charge in [-0.2, -0.15) is 13.2 Å². The van der Waals surface area contributed by atoms with Crippen molar-refractivity contribution in [1.29, 1.82) is 0 Å². The number of aromatic nitrogens is 1. The number of nitrogens with zero attached hydrogens (tertiary/aromatic N) is 2. The van der Waals surface area contributed by atoms with Crippen LogP contribution in [-0.4, -0.2) is 52.4 Å². The van der Waals surface area contributed by atoms with E-state index in [2.05, 4.69) is 29.2 Å². The zero-order valence-electron chi connectivity index (χ0n) is 21.8. The van der Waals surface area contributed by atoms with Crippen LogP contribution in [0.2, 0.25) is 0 Å². The Hall–Kier alpha value is -3.30.